The van der Waals surface area contributed by atoms with Gasteiger partial charge in [-0.05, 0) is 36.4 Å². The number of ether oxygens (including phenoxy) is 1. The molecule has 0 amide bonds. The molecule has 0 fully saturated rings. The van der Waals surface area contributed by atoms with E-state index in [0.29, 0.717) is 10.6 Å². The summed E-state index contributed by atoms with van der Waals surface area (Å²) in [5.74, 6) is 1.38. The van der Waals surface area contributed by atoms with Crippen molar-refractivity contribution >= 4 is 11.1 Å². The Balaban J connectivity index is 2.14. The van der Waals surface area contributed by atoms with E-state index >= 15 is 0 Å². The number of para-hydroxylation sites is 1. The quantitative estimate of drug-likeness (QED) is 0.830. The van der Waals surface area contributed by atoms with E-state index in [2.05, 4.69) is 0 Å². The molecule has 16 heavy (non-hydrogen) atoms. The Hall–Kier alpha value is -1.65. The lowest BCUT2D eigenvalue weighted by atomic mass is 10.3. The first-order chi connectivity index (χ1) is 7.75. The minimum absolute atomic E-state index is 0.361. The number of rotatable bonds is 3. The molecule has 2 aromatic rings. The van der Waals surface area contributed by atoms with Gasteiger partial charge in [-0.1, -0.05) is 18.2 Å². The van der Waals surface area contributed by atoms with Crippen LogP contribution in [0.2, 0.25) is 0 Å². The fourth-order valence-corrected chi connectivity index (χ4v) is 1.62. The molecule has 0 aliphatic heterocycles. The van der Waals surface area contributed by atoms with Gasteiger partial charge in [0.25, 0.3) is 0 Å². The molecule has 3 nitrogen and oxygen atoms in total. The molecule has 0 aromatic heterocycles. The molecular weight excluding hydrogens is 224 g/mol. The van der Waals surface area contributed by atoms with Crippen molar-refractivity contribution in [1.82, 2.24) is 0 Å². The van der Waals surface area contributed by atoms with E-state index in [1.807, 2.05) is 30.3 Å². The van der Waals surface area contributed by atoms with Crippen molar-refractivity contribution in [3.63, 3.8) is 0 Å². The lowest BCUT2D eigenvalue weighted by molar-refractivity contribution is 0.482. The van der Waals surface area contributed by atoms with Crippen molar-refractivity contribution in [1.29, 1.82) is 0 Å². The Labute approximate surface area is 96.0 Å². The standard InChI is InChI=1S/C12H10O3S/c13-16(14)12-8-6-11(7-9-12)15-10-4-2-1-3-5-10/h1-9H,(H,13,14). The molecule has 0 bridgehead atoms. The van der Waals surface area contributed by atoms with E-state index < -0.39 is 11.1 Å². The molecule has 4 heteroatoms. The van der Waals surface area contributed by atoms with Gasteiger partial charge >= 0.3 is 0 Å². The predicted molar refractivity (Wildman–Crippen MR) is 62.0 cm³/mol. The van der Waals surface area contributed by atoms with Crippen molar-refractivity contribution in [2.24, 2.45) is 0 Å². The first kappa shape index (κ1) is 10.9. The molecule has 0 aliphatic carbocycles. The summed E-state index contributed by atoms with van der Waals surface area (Å²) in [5, 5.41) is 0. The maximum atomic E-state index is 10.7. The zero-order valence-electron chi connectivity index (χ0n) is 8.37. The van der Waals surface area contributed by atoms with E-state index in [9.17, 15) is 4.21 Å². The average molecular weight is 234 g/mol. The highest BCUT2D eigenvalue weighted by molar-refractivity contribution is 7.79. The van der Waals surface area contributed by atoms with Crippen molar-refractivity contribution < 1.29 is 13.5 Å². The SMILES string of the molecule is O=S(O)c1ccc(Oc2ccccc2)cc1. The van der Waals surface area contributed by atoms with Crippen LogP contribution in [0.5, 0.6) is 11.5 Å². The van der Waals surface area contributed by atoms with Crippen LogP contribution in [0.3, 0.4) is 0 Å². The van der Waals surface area contributed by atoms with Crippen LogP contribution >= 0.6 is 0 Å². The van der Waals surface area contributed by atoms with Gasteiger partial charge in [0.2, 0.25) is 0 Å². The van der Waals surface area contributed by atoms with Crippen molar-refractivity contribution in [3.8, 4) is 11.5 Å². The van der Waals surface area contributed by atoms with Crippen LogP contribution in [0.4, 0.5) is 0 Å². The van der Waals surface area contributed by atoms with E-state index in [-0.39, 0.29) is 0 Å². The highest BCUT2D eigenvalue weighted by Crippen LogP contribution is 2.21. The molecule has 1 atom stereocenters. The third kappa shape index (κ3) is 2.68. The Morgan fingerprint density at radius 2 is 1.44 bits per heavy atom. The normalized spacial score (nSPS) is 12.1. The molecule has 82 valence electrons. The van der Waals surface area contributed by atoms with Gasteiger partial charge in [0, 0.05) is 0 Å². The Kier molecular flexibility index (Phi) is 3.34. The van der Waals surface area contributed by atoms with E-state index in [4.69, 9.17) is 9.29 Å². The third-order valence-corrected chi connectivity index (χ3v) is 2.68. The van der Waals surface area contributed by atoms with Crippen LogP contribution in [0.15, 0.2) is 59.5 Å². The summed E-state index contributed by atoms with van der Waals surface area (Å²) in [7, 11) is 0. The minimum atomic E-state index is -1.94. The summed E-state index contributed by atoms with van der Waals surface area (Å²) in [6.45, 7) is 0. The topological polar surface area (TPSA) is 46.5 Å². The van der Waals surface area contributed by atoms with Crippen LogP contribution in [0, 0.1) is 0 Å². The summed E-state index contributed by atoms with van der Waals surface area (Å²) < 4.78 is 25.1. The van der Waals surface area contributed by atoms with Gasteiger partial charge in [0.15, 0.2) is 11.1 Å². The molecule has 0 saturated carbocycles. The summed E-state index contributed by atoms with van der Waals surface area (Å²) in [4.78, 5) is 0.361. The first-order valence-electron chi connectivity index (χ1n) is 4.69. The summed E-state index contributed by atoms with van der Waals surface area (Å²) >= 11 is -1.94. The maximum absolute atomic E-state index is 10.7. The van der Waals surface area contributed by atoms with E-state index in [1.165, 1.54) is 0 Å². The van der Waals surface area contributed by atoms with Crippen LogP contribution in [-0.4, -0.2) is 8.76 Å². The van der Waals surface area contributed by atoms with Crippen molar-refractivity contribution in [2.75, 3.05) is 0 Å². The molecule has 0 spiro atoms. The van der Waals surface area contributed by atoms with Gasteiger partial charge in [0.1, 0.15) is 11.5 Å². The average Bonchev–Trinajstić information content (AvgIpc) is 2.31. The molecule has 0 heterocycles. The fourth-order valence-electron chi connectivity index (χ4n) is 1.25. The number of benzene rings is 2. The van der Waals surface area contributed by atoms with Crippen LogP contribution in [0.25, 0.3) is 0 Å². The Bertz CT molecular complexity index is 479. The third-order valence-electron chi connectivity index (χ3n) is 2.00. The molecule has 0 saturated heterocycles. The second kappa shape index (κ2) is 4.92. The highest BCUT2D eigenvalue weighted by Gasteiger charge is 2.00. The minimum Gasteiger partial charge on any atom is -0.457 e. The van der Waals surface area contributed by atoms with Gasteiger partial charge in [0.05, 0.1) is 4.90 Å². The molecule has 1 unspecified atom stereocenters. The van der Waals surface area contributed by atoms with Crippen LogP contribution < -0.4 is 4.74 Å². The van der Waals surface area contributed by atoms with Crippen LogP contribution in [0.1, 0.15) is 0 Å². The fraction of sp³-hybridized carbons (Fsp3) is 0. The molecule has 0 aliphatic rings. The van der Waals surface area contributed by atoms with Crippen molar-refractivity contribution in [2.45, 2.75) is 4.90 Å². The predicted octanol–water partition coefficient (Wildman–Crippen LogP) is 3.06. The summed E-state index contributed by atoms with van der Waals surface area (Å²) in [6, 6.07) is 15.8. The highest BCUT2D eigenvalue weighted by atomic mass is 32.2. The second-order valence-electron chi connectivity index (χ2n) is 3.14. The first-order valence-corrected chi connectivity index (χ1v) is 5.80. The van der Waals surface area contributed by atoms with Gasteiger partial charge in [-0.2, -0.15) is 0 Å². The van der Waals surface area contributed by atoms with Gasteiger partial charge in [-0.15, -0.1) is 0 Å². The van der Waals surface area contributed by atoms with E-state index in [0.717, 1.165) is 5.75 Å². The smallest absolute Gasteiger partial charge is 0.186 e. The summed E-state index contributed by atoms with van der Waals surface area (Å²) in [5.41, 5.74) is 0. The van der Waals surface area contributed by atoms with Gasteiger partial charge in [-0.25, -0.2) is 4.21 Å². The number of hydrogen-bond acceptors (Lipinski definition) is 2. The molecule has 2 rings (SSSR count). The molecular formula is C12H10O3S. The number of hydrogen-bond donors (Lipinski definition) is 1. The monoisotopic (exact) mass is 234 g/mol. The van der Waals surface area contributed by atoms with Gasteiger partial charge in [-0.3, -0.25) is 0 Å². The lowest BCUT2D eigenvalue weighted by Crippen LogP contribution is -1.88. The largest absolute Gasteiger partial charge is 0.457 e. The lowest BCUT2D eigenvalue weighted by Gasteiger charge is -2.05. The molecule has 0 radical (unpaired) electrons. The Morgan fingerprint density at radius 3 is 2.00 bits per heavy atom. The molecule has 1 N–H and O–H groups in total. The second-order valence-corrected chi connectivity index (χ2v) is 4.11. The van der Waals surface area contributed by atoms with Crippen molar-refractivity contribution in [3.05, 3.63) is 54.6 Å². The zero-order chi connectivity index (χ0) is 11.4. The zero-order valence-corrected chi connectivity index (χ0v) is 9.18. The van der Waals surface area contributed by atoms with Crippen LogP contribution in [-0.2, 0) is 11.1 Å². The summed E-state index contributed by atoms with van der Waals surface area (Å²) in [6.07, 6.45) is 0. The molecule has 2 aromatic carbocycles. The van der Waals surface area contributed by atoms with E-state index in [1.54, 1.807) is 24.3 Å². The maximum Gasteiger partial charge on any atom is 0.186 e. The van der Waals surface area contributed by atoms with Gasteiger partial charge < -0.3 is 9.29 Å². The Morgan fingerprint density at radius 1 is 0.875 bits per heavy atom.